The van der Waals surface area contributed by atoms with E-state index in [0.717, 1.165) is 6.42 Å². The second kappa shape index (κ2) is 11.8. The Kier molecular flexibility index (Phi) is 11.4. The normalized spacial score (nSPS) is 13.6. The zero-order valence-electron chi connectivity index (χ0n) is 14.9. The molecule has 0 aromatic carbocycles. The van der Waals surface area contributed by atoms with Crippen LogP contribution >= 0.6 is 0 Å². The Balaban J connectivity index is 3.32. The molecular weight excluding hydrogens is 260 g/mol. The molecule has 124 valence electrons. The molecule has 0 bridgehead atoms. The maximum absolute atomic E-state index is 10.6. The van der Waals surface area contributed by atoms with Crippen LogP contribution in [0.4, 0.5) is 0 Å². The van der Waals surface area contributed by atoms with Crippen molar-refractivity contribution in [3.8, 4) is 0 Å². The topological polar surface area (TPSA) is 26.3 Å². The number of hydrogen-bond donors (Lipinski definition) is 0. The van der Waals surface area contributed by atoms with E-state index in [2.05, 4.69) is 39.8 Å². The maximum Gasteiger partial charge on any atom is 0.302 e. The fourth-order valence-corrected chi connectivity index (χ4v) is 2.22. The molecule has 0 aromatic rings. The van der Waals surface area contributed by atoms with Crippen LogP contribution in [-0.4, -0.2) is 12.6 Å². The molecule has 0 aliphatic carbocycles. The van der Waals surface area contributed by atoms with E-state index in [1.807, 2.05) is 0 Å². The number of carbonyl (C=O) groups is 1. The molecule has 0 N–H and O–H groups in total. The molecule has 0 saturated heterocycles. The van der Waals surface area contributed by atoms with Crippen LogP contribution in [0.5, 0.6) is 0 Å². The highest BCUT2D eigenvalue weighted by Crippen LogP contribution is 2.19. The predicted octanol–water partition coefficient (Wildman–Crippen LogP) is 5.91. The quantitative estimate of drug-likeness (QED) is 0.269. The lowest BCUT2D eigenvalue weighted by atomic mass is 9.93. The van der Waals surface area contributed by atoms with E-state index in [1.54, 1.807) is 0 Å². The Morgan fingerprint density at radius 3 is 2.05 bits per heavy atom. The summed E-state index contributed by atoms with van der Waals surface area (Å²) in [6, 6.07) is 0. The first-order chi connectivity index (χ1) is 9.81. The molecule has 0 saturated carbocycles. The fourth-order valence-electron chi connectivity index (χ4n) is 2.22. The second-order valence-electron chi connectivity index (χ2n) is 7.31. The molecule has 0 fully saturated rings. The van der Waals surface area contributed by atoms with Gasteiger partial charge in [-0.25, -0.2) is 0 Å². The lowest BCUT2D eigenvalue weighted by Crippen LogP contribution is -2.00. The van der Waals surface area contributed by atoms with E-state index in [0.29, 0.717) is 17.9 Å². The van der Waals surface area contributed by atoms with Gasteiger partial charge in [0.05, 0.1) is 6.61 Å². The van der Waals surface area contributed by atoms with Crippen LogP contribution < -0.4 is 0 Å². The molecular formula is C19H36O2. The molecule has 0 aliphatic heterocycles. The average molecular weight is 296 g/mol. The van der Waals surface area contributed by atoms with Crippen molar-refractivity contribution in [2.45, 2.75) is 86.0 Å². The van der Waals surface area contributed by atoms with E-state index in [4.69, 9.17) is 4.74 Å². The van der Waals surface area contributed by atoms with Gasteiger partial charge in [0.1, 0.15) is 0 Å². The van der Waals surface area contributed by atoms with Gasteiger partial charge in [0.25, 0.3) is 0 Å². The third-order valence-corrected chi connectivity index (χ3v) is 3.53. The number of esters is 1. The number of unbranched alkanes of at least 4 members (excludes halogenated alkanes) is 6. The largest absolute Gasteiger partial charge is 0.466 e. The molecule has 0 heterocycles. The van der Waals surface area contributed by atoms with Crippen LogP contribution in [0.15, 0.2) is 12.2 Å². The maximum atomic E-state index is 10.6. The van der Waals surface area contributed by atoms with Gasteiger partial charge in [-0.05, 0) is 24.2 Å². The lowest BCUT2D eigenvalue weighted by molar-refractivity contribution is -0.141. The summed E-state index contributed by atoms with van der Waals surface area (Å²) in [4.78, 5) is 10.6. The molecule has 0 spiro atoms. The van der Waals surface area contributed by atoms with Gasteiger partial charge in [0.15, 0.2) is 0 Å². The number of carbonyl (C=O) groups excluding carboxylic acids is 1. The molecule has 0 aromatic heterocycles. The van der Waals surface area contributed by atoms with Gasteiger partial charge >= 0.3 is 5.97 Å². The van der Waals surface area contributed by atoms with E-state index >= 15 is 0 Å². The summed E-state index contributed by atoms with van der Waals surface area (Å²) in [7, 11) is 0. The molecule has 21 heavy (non-hydrogen) atoms. The summed E-state index contributed by atoms with van der Waals surface area (Å²) in [6.45, 7) is 11.1. The van der Waals surface area contributed by atoms with Crippen molar-refractivity contribution in [1.29, 1.82) is 0 Å². The molecule has 1 atom stereocenters. The van der Waals surface area contributed by atoms with Crippen LogP contribution in [-0.2, 0) is 9.53 Å². The zero-order chi connectivity index (χ0) is 16.1. The SMILES string of the molecule is CC(=O)OCCCCCCCCCC(C)C=CC(C)(C)C. The van der Waals surface area contributed by atoms with Gasteiger partial charge in [-0.3, -0.25) is 4.79 Å². The Morgan fingerprint density at radius 2 is 1.52 bits per heavy atom. The summed E-state index contributed by atoms with van der Waals surface area (Å²) >= 11 is 0. The number of hydrogen-bond acceptors (Lipinski definition) is 2. The minimum atomic E-state index is -0.162. The molecule has 1 unspecified atom stereocenters. The molecule has 2 heteroatoms. The molecule has 0 rings (SSSR count). The van der Waals surface area contributed by atoms with Crippen LogP contribution in [0.3, 0.4) is 0 Å². The highest BCUT2D eigenvalue weighted by Gasteiger charge is 2.05. The van der Waals surface area contributed by atoms with Gasteiger partial charge in [0, 0.05) is 6.92 Å². The third-order valence-electron chi connectivity index (χ3n) is 3.53. The van der Waals surface area contributed by atoms with Crippen molar-refractivity contribution in [3.05, 3.63) is 12.2 Å². The Bertz CT molecular complexity index is 286. The molecule has 0 amide bonds. The summed E-state index contributed by atoms with van der Waals surface area (Å²) in [5.74, 6) is 0.539. The lowest BCUT2D eigenvalue weighted by Gasteiger charge is -2.13. The van der Waals surface area contributed by atoms with Gasteiger partial charge in [-0.1, -0.05) is 78.4 Å². The van der Waals surface area contributed by atoms with Crippen LogP contribution in [0.1, 0.15) is 86.0 Å². The van der Waals surface area contributed by atoms with Crippen LogP contribution in [0, 0.1) is 11.3 Å². The highest BCUT2D eigenvalue weighted by molar-refractivity contribution is 5.65. The fraction of sp³-hybridized carbons (Fsp3) is 0.842. The van der Waals surface area contributed by atoms with Crippen molar-refractivity contribution < 1.29 is 9.53 Å². The van der Waals surface area contributed by atoms with Crippen LogP contribution in [0.25, 0.3) is 0 Å². The van der Waals surface area contributed by atoms with E-state index < -0.39 is 0 Å². The Labute approximate surface area is 132 Å². The zero-order valence-corrected chi connectivity index (χ0v) is 14.9. The van der Waals surface area contributed by atoms with Crippen molar-refractivity contribution >= 4 is 5.97 Å². The summed E-state index contributed by atoms with van der Waals surface area (Å²) in [6.07, 6.45) is 14.8. The molecule has 2 nitrogen and oxygen atoms in total. The van der Waals surface area contributed by atoms with Crippen LogP contribution in [0.2, 0.25) is 0 Å². The number of ether oxygens (including phenoxy) is 1. The summed E-state index contributed by atoms with van der Waals surface area (Å²) < 4.78 is 4.91. The standard InChI is InChI=1S/C19H36O2/c1-17(14-15-19(3,4)5)13-11-9-7-6-8-10-12-16-21-18(2)20/h14-15,17H,6-13,16H2,1-5H3. The number of allylic oxidation sites excluding steroid dienone is 2. The highest BCUT2D eigenvalue weighted by atomic mass is 16.5. The van der Waals surface area contributed by atoms with E-state index in [-0.39, 0.29) is 5.97 Å². The van der Waals surface area contributed by atoms with E-state index in [9.17, 15) is 4.79 Å². The summed E-state index contributed by atoms with van der Waals surface area (Å²) in [5, 5.41) is 0. The van der Waals surface area contributed by atoms with Crippen molar-refractivity contribution in [3.63, 3.8) is 0 Å². The first-order valence-electron chi connectivity index (χ1n) is 8.64. The third kappa shape index (κ3) is 17.2. The number of rotatable bonds is 11. The minimum absolute atomic E-state index is 0.162. The molecule has 0 aliphatic rings. The van der Waals surface area contributed by atoms with Crippen molar-refractivity contribution in [2.24, 2.45) is 11.3 Å². The molecule has 0 radical (unpaired) electrons. The van der Waals surface area contributed by atoms with Gasteiger partial charge in [-0.15, -0.1) is 0 Å². The predicted molar refractivity (Wildman–Crippen MR) is 91.3 cm³/mol. The monoisotopic (exact) mass is 296 g/mol. The first kappa shape index (κ1) is 20.2. The Hall–Kier alpha value is -0.790. The Morgan fingerprint density at radius 1 is 1.00 bits per heavy atom. The van der Waals surface area contributed by atoms with Crippen molar-refractivity contribution in [1.82, 2.24) is 0 Å². The second-order valence-corrected chi connectivity index (χ2v) is 7.31. The van der Waals surface area contributed by atoms with Crippen molar-refractivity contribution in [2.75, 3.05) is 6.61 Å². The minimum Gasteiger partial charge on any atom is -0.466 e. The van der Waals surface area contributed by atoms with Gasteiger partial charge in [-0.2, -0.15) is 0 Å². The van der Waals surface area contributed by atoms with E-state index in [1.165, 1.54) is 51.9 Å². The average Bonchev–Trinajstić information content (AvgIpc) is 2.37. The smallest absolute Gasteiger partial charge is 0.302 e. The summed E-state index contributed by atoms with van der Waals surface area (Å²) in [5.41, 5.74) is 0.306. The first-order valence-corrected chi connectivity index (χ1v) is 8.64. The van der Waals surface area contributed by atoms with Gasteiger partial charge in [0.2, 0.25) is 0 Å². The van der Waals surface area contributed by atoms with Gasteiger partial charge < -0.3 is 4.74 Å².